The maximum absolute atomic E-state index is 11.2. The predicted octanol–water partition coefficient (Wildman–Crippen LogP) is 2.72. The molecule has 0 amide bonds. The van der Waals surface area contributed by atoms with Gasteiger partial charge in [-0.3, -0.25) is 14.8 Å². The summed E-state index contributed by atoms with van der Waals surface area (Å²) in [6, 6.07) is 5.50. The fourth-order valence-electron chi connectivity index (χ4n) is 1.55. The van der Waals surface area contributed by atoms with E-state index in [2.05, 4.69) is 9.98 Å². The molecular formula is C14H18N2O2. The second-order valence-corrected chi connectivity index (χ2v) is 3.64. The molecule has 0 saturated heterocycles. The Kier molecular flexibility index (Phi) is 5.77. The fourth-order valence-corrected chi connectivity index (χ4v) is 1.55. The molecule has 0 aliphatic rings. The summed E-state index contributed by atoms with van der Waals surface area (Å²) in [5, 5.41) is 0. The molecule has 4 heteroatoms. The average Bonchev–Trinajstić information content (AvgIpc) is 2.37. The smallest absolute Gasteiger partial charge is 0.303 e. The number of hydrogen-bond donors (Lipinski definition) is 0. The van der Waals surface area contributed by atoms with Gasteiger partial charge in [0.1, 0.15) is 0 Å². The molecule has 0 aliphatic carbocycles. The van der Waals surface area contributed by atoms with Crippen molar-refractivity contribution in [1.82, 2.24) is 4.98 Å². The standard InChI is InChI=1S/C14H18N2O2/c1-4-8-12(15-5-2)14(18-11(3)17)13-9-6-7-10-16-13/h4,6-10,14H,5H2,1-3H3/b8-4-,15-12?. The number of nitrogens with zero attached hydrogens (tertiary/aromatic N) is 2. The number of carbonyl (C=O) groups is 1. The quantitative estimate of drug-likeness (QED) is 0.593. The number of carbonyl (C=O) groups excluding carboxylic acids is 1. The van der Waals surface area contributed by atoms with E-state index < -0.39 is 6.10 Å². The predicted molar refractivity (Wildman–Crippen MR) is 71.5 cm³/mol. The van der Waals surface area contributed by atoms with Gasteiger partial charge in [-0.15, -0.1) is 0 Å². The van der Waals surface area contributed by atoms with E-state index in [9.17, 15) is 4.79 Å². The van der Waals surface area contributed by atoms with E-state index in [1.165, 1.54) is 6.92 Å². The molecule has 0 spiro atoms. The summed E-state index contributed by atoms with van der Waals surface area (Å²) >= 11 is 0. The first-order valence-electron chi connectivity index (χ1n) is 5.94. The average molecular weight is 246 g/mol. The van der Waals surface area contributed by atoms with Gasteiger partial charge in [0, 0.05) is 19.7 Å². The molecule has 1 atom stereocenters. The number of allylic oxidation sites excluding steroid dienone is 1. The van der Waals surface area contributed by atoms with Crippen LogP contribution in [-0.4, -0.2) is 23.2 Å². The van der Waals surface area contributed by atoms with Gasteiger partial charge in [-0.25, -0.2) is 0 Å². The number of hydrogen-bond acceptors (Lipinski definition) is 4. The lowest BCUT2D eigenvalue weighted by Crippen LogP contribution is -2.18. The summed E-state index contributed by atoms with van der Waals surface area (Å²) < 4.78 is 5.32. The second-order valence-electron chi connectivity index (χ2n) is 3.64. The third-order valence-electron chi connectivity index (χ3n) is 2.19. The minimum absolute atomic E-state index is 0.348. The lowest BCUT2D eigenvalue weighted by Gasteiger charge is -2.16. The Bertz CT molecular complexity index is 438. The maximum atomic E-state index is 11.2. The Labute approximate surface area is 107 Å². The van der Waals surface area contributed by atoms with Crippen molar-refractivity contribution in [2.24, 2.45) is 4.99 Å². The molecule has 1 aromatic heterocycles. The number of aliphatic imine (C=N–C) groups is 1. The van der Waals surface area contributed by atoms with Crippen molar-refractivity contribution in [2.75, 3.05) is 6.54 Å². The molecule has 0 radical (unpaired) electrons. The van der Waals surface area contributed by atoms with Gasteiger partial charge in [-0.2, -0.15) is 0 Å². The van der Waals surface area contributed by atoms with E-state index in [4.69, 9.17) is 4.74 Å². The largest absolute Gasteiger partial charge is 0.449 e. The normalized spacial score (nSPS) is 13.6. The van der Waals surface area contributed by atoms with Crippen LogP contribution in [0.2, 0.25) is 0 Å². The van der Waals surface area contributed by atoms with Crippen LogP contribution in [-0.2, 0) is 9.53 Å². The van der Waals surface area contributed by atoms with Crippen LogP contribution in [0.25, 0.3) is 0 Å². The number of rotatable bonds is 5. The SMILES string of the molecule is C/C=C\C(=NCC)C(OC(C)=O)c1ccccn1. The molecule has 0 bridgehead atoms. The van der Waals surface area contributed by atoms with Gasteiger partial charge < -0.3 is 4.74 Å². The second kappa shape index (κ2) is 7.37. The molecule has 0 N–H and O–H groups in total. The van der Waals surface area contributed by atoms with E-state index in [0.717, 1.165) is 0 Å². The summed E-state index contributed by atoms with van der Waals surface area (Å²) in [6.07, 6.45) is 4.84. The minimum Gasteiger partial charge on any atom is -0.449 e. The third kappa shape index (κ3) is 4.13. The van der Waals surface area contributed by atoms with Crippen LogP contribution in [0.1, 0.15) is 32.6 Å². The molecule has 0 saturated carbocycles. The van der Waals surface area contributed by atoms with Crippen LogP contribution in [0.5, 0.6) is 0 Å². The lowest BCUT2D eigenvalue weighted by atomic mass is 10.1. The van der Waals surface area contributed by atoms with Crippen LogP contribution >= 0.6 is 0 Å². The van der Waals surface area contributed by atoms with Crippen LogP contribution in [0.4, 0.5) is 0 Å². The van der Waals surface area contributed by atoms with Crippen molar-refractivity contribution in [3.05, 3.63) is 42.2 Å². The molecule has 4 nitrogen and oxygen atoms in total. The Morgan fingerprint density at radius 1 is 1.56 bits per heavy atom. The van der Waals surface area contributed by atoms with Crippen molar-refractivity contribution < 1.29 is 9.53 Å². The number of esters is 1. The molecule has 1 rings (SSSR count). The van der Waals surface area contributed by atoms with Crippen molar-refractivity contribution in [3.8, 4) is 0 Å². The first-order chi connectivity index (χ1) is 8.69. The topological polar surface area (TPSA) is 51.5 Å². The molecule has 0 aromatic carbocycles. The molecule has 18 heavy (non-hydrogen) atoms. The molecule has 1 heterocycles. The summed E-state index contributed by atoms with van der Waals surface area (Å²) in [7, 11) is 0. The fraction of sp³-hybridized carbons (Fsp3) is 0.357. The summed E-state index contributed by atoms with van der Waals surface area (Å²) in [5.41, 5.74) is 1.38. The Hall–Kier alpha value is -1.97. The van der Waals surface area contributed by atoms with Crippen LogP contribution < -0.4 is 0 Å². The van der Waals surface area contributed by atoms with E-state index >= 15 is 0 Å². The van der Waals surface area contributed by atoms with E-state index in [0.29, 0.717) is 18.0 Å². The Morgan fingerprint density at radius 2 is 2.33 bits per heavy atom. The molecular weight excluding hydrogens is 228 g/mol. The zero-order valence-electron chi connectivity index (χ0n) is 11.0. The van der Waals surface area contributed by atoms with Gasteiger partial charge in [0.15, 0.2) is 6.10 Å². The van der Waals surface area contributed by atoms with Crippen LogP contribution in [0.15, 0.2) is 41.5 Å². The summed E-state index contributed by atoms with van der Waals surface area (Å²) in [6.45, 7) is 5.85. The maximum Gasteiger partial charge on any atom is 0.303 e. The highest BCUT2D eigenvalue weighted by molar-refractivity contribution is 5.99. The van der Waals surface area contributed by atoms with Gasteiger partial charge in [0.2, 0.25) is 0 Å². The number of aromatic nitrogens is 1. The molecule has 0 aliphatic heterocycles. The highest BCUT2D eigenvalue weighted by Gasteiger charge is 2.20. The van der Waals surface area contributed by atoms with Crippen LogP contribution in [0.3, 0.4) is 0 Å². The number of ether oxygens (including phenoxy) is 1. The Morgan fingerprint density at radius 3 is 2.83 bits per heavy atom. The zero-order chi connectivity index (χ0) is 13.4. The minimum atomic E-state index is -0.542. The van der Waals surface area contributed by atoms with E-state index in [1.54, 1.807) is 6.20 Å². The van der Waals surface area contributed by atoms with Gasteiger partial charge in [0.25, 0.3) is 0 Å². The molecule has 96 valence electrons. The van der Waals surface area contributed by atoms with Crippen LogP contribution in [0, 0.1) is 0 Å². The van der Waals surface area contributed by atoms with Gasteiger partial charge >= 0.3 is 5.97 Å². The monoisotopic (exact) mass is 246 g/mol. The highest BCUT2D eigenvalue weighted by Crippen LogP contribution is 2.18. The number of pyridine rings is 1. The summed E-state index contributed by atoms with van der Waals surface area (Å²) in [5.74, 6) is -0.348. The van der Waals surface area contributed by atoms with Gasteiger partial charge in [0.05, 0.1) is 11.4 Å². The molecule has 0 fully saturated rings. The Balaban J connectivity index is 3.11. The molecule has 1 aromatic rings. The summed E-state index contributed by atoms with van der Waals surface area (Å²) in [4.78, 5) is 19.8. The van der Waals surface area contributed by atoms with Crippen molar-refractivity contribution in [1.29, 1.82) is 0 Å². The highest BCUT2D eigenvalue weighted by atomic mass is 16.5. The van der Waals surface area contributed by atoms with Crippen molar-refractivity contribution in [3.63, 3.8) is 0 Å². The lowest BCUT2D eigenvalue weighted by molar-refractivity contribution is -0.143. The third-order valence-corrected chi connectivity index (χ3v) is 2.19. The van der Waals surface area contributed by atoms with E-state index in [1.807, 2.05) is 44.2 Å². The molecule has 1 unspecified atom stereocenters. The van der Waals surface area contributed by atoms with Crippen molar-refractivity contribution in [2.45, 2.75) is 26.9 Å². The van der Waals surface area contributed by atoms with Crippen molar-refractivity contribution >= 4 is 11.7 Å². The van der Waals surface area contributed by atoms with Gasteiger partial charge in [-0.05, 0) is 32.1 Å². The zero-order valence-corrected chi connectivity index (χ0v) is 11.0. The first-order valence-corrected chi connectivity index (χ1v) is 5.94. The van der Waals surface area contributed by atoms with Gasteiger partial charge in [-0.1, -0.05) is 12.1 Å². The first kappa shape index (κ1) is 14.1. The van der Waals surface area contributed by atoms with E-state index in [-0.39, 0.29) is 5.97 Å².